The highest BCUT2D eigenvalue weighted by molar-refractivity contribution is 4.79. The summed E-state index contributed by atoms with van der Waals surface area (Å²) in [7, 11) is 0. The van der Waals surface area contributed by atoms with Gasteiger partial charge < -0.3 is 0 Å². The van der Waals surface area contributed by atoms with Crippen LogP contribution in [0.3, 0.4) is 0 Å². The van der Waals surface area contributed by atoms with Crippen LogP contribution in [0, 0.1) is 17.8 Å². The van der Waals surface area contributed by atoms with Crippen LogP contribution in [-0.2, 0) is 0 Å². The van der Waals surface area contributed by atoms with Crippen LogP contribution in [0.15, 0.2) is 0 Å². The third-order valence-corrected chi connectivity index (χ3v) is 3.16. The van der Waals surface area contributed by atoms with Gasteiger partial charge in [-0.05, 0) is 17.8 Å². The fourth-order valence-corrected chi connectivity index (χ4v) is 2.42. The molecule has 0 aromatic heterocycles. The van der Waals surface area contributed by atoms with Gasteiger partial charge in [0.25, 0.3) is 0 Å². The van der Waals surface area contributed by atoms with Crippen LogP contribution in [-0.4, -0.2) is 0 Å². The maximum absolute atomic E-state index is 2.42. The largest absolute Gasteiger partial charge is 0.0654 e. The molecule has 1 rings (SSSR count). The van der Waals surface area contributed by atoms with Crippen LogP contribution in [0.5, 0.6) is 0 Å². The molecule has 0 radical (unpaired) electrons. The first-order valence-electron chi connectivity index (χ1n) is 4.75. The molecule has 1 aliphatic rings. The molecule has 0 heterocycles. The second-order valence-electron chi connectivity index (χ2n) is 3.98. The average Bonchev–Trinajstić information content (AvgIpc) is 2.20. The standard InChI is InChI=1S/C10H20/c1-4-5-10-8(2)6-7-9(10)3/h8-10H,4-7H2,1-3H3. The highest BCUT2D eigenvalue weighted by atomic mass is 14.3. The van der Waals surface area contributed by atoms with Crippen LogP contribution in [0.25, 0.3) is 0 Å². The Morgan fingerprint density at radius 3 is 2.00 bits per heavy atom. The Bertz CT molecular complexity index is 86.2. The van der Waals surface area contributed by atoms with Gasteiger partial charge in [-0.25, -0.2) is 0 Å². The first-order chi connectivity index (χ1) is 4.75. The lowest BCUT2D eigenvalue weighted by atomic mass is 9.88. The van der Waals surface area contributed by atoms with Gasteiger partial charge in [-0.2, -0.15) is 0 Å². The maximum atomic E-state index is 2.42. The third kappa shape index (κ3) is 1.53. The molecule has 0 aliphatic heterocycles. The number of hydrogen-bond donors (Lipinski definition) is 0. The van der Waals surface area contributed by atoms with Crippen molar-refractivity contribution in [3.8, 4) is 0 Å². The topological polar surface area (TPSA) is 0 Å². The van der Waals surface area contributed by atoms with Gasteiger partial charge in [-0.1, -0.05) is 46.5 Å². The minimum atomic E-state index is 1.01. The molecule has 0 N–H and O–H groups in total. The molecule has 1 aliphatic carbocycles. The molecule has 0 heteroatoms. The van der Waals surface area contributed by atoms with E-state index >= 15 is 0 Å². The van der Waals surface area contributed by atoms with Gasteiger partial charge in [0.15, 0.2) is 0 Å². The molecule has 60 valence electrons. The van der Waals surface area contributed by atoms with Crippen molar-refractivity contribution >= 4 is 0 Å². The Balaban J connectivity index is 2.38. The quantitative estimate of drug-likeness (QED) is 0.551. The average molecular weight is 140 g/mol. The summed E-state index contributed by atoms with van der Waals surface area (Å²) >= 11 is 0. The van der Waals surface area contributed by atoms with Crippen molar-refractivity contribution in [2.75, 3.05) is 0 Å². The monoisotopic (exact) mass is 140 g/mol. The molecule has 0 aromatic rings. The Morgan fingerprint density at radius 1 is 1.10 bits per heavy atom. The second-order valence-corrected chi connectivity index (χ2v) is 3.98. The molecule has 1 fully saturated rings. The van der Waals surface area contributed by atoms with Gasteiger partial charge in [0.2, 0.25) is 0 Å². The summed E-state index contributed by atoms with van der Waals surface area (Å²) in [6.45, 7) is 7.14. The van der Waals surface area contributed by atoms with E-state index in [1.165, 1.54) is 25.7 Å². The minimum absolute atomic E-state index is 1.01. The smallest absolute Gasteiger partial charge is 0.0363 e. The van der Waals surface area contributed by atoms with Crippen molar-refractivity contribution in [1.82, 2.24) is 0 Å². The van der Waals surface area contributed by atoms with Crippen molar-refractivity contribution in [3.05, 3.63) is 0 Å². The fraction of sp³-hybridized carbons (Fsp3) is 1.00. The predicted octanol–water partition coefficient (Wildman–Crippen LogP) is 3.47. The lowest BCUT2D eigenvalue weighted by Gasteiger charge is -2.18. The summed E-state index contributed by atoms with van der Waals surface area (Å²) in [4.78, 5) is 0. The van der Waals surface area contributed by atoms with E-state index in [0.29, 0.717) is 0 Å². The molecule has 2 unspecified atom stereocenters. The van der Waals surface area contributed by atoms with Gasteiger partial charge in [0, 0.05) is 0 Å². The van der Waals surface area contributed by atoms with E-state index in [1.54, 1.807) is 0 Å². The van der Waals surface area contributed by atoms with Crippen molar-refractivity contribution in [2.24, 2.45) is 17.8 Å². The molecule has 0 spiro atoms. The lowest BCUT2D eigenvalue weighted by molar-refractivity contribution is 0.320. The maximum Gasteiger partial charge on any atom is -0.0363 e. The molecule has 1 saturated carbocycles. The van der Waals surface area contributed by atoms with E-state index < -0.39 is 0 Å². The second kappa shape index (κ2) is 3.41. The van der Waals surface area contributed by atoms with Crippen LogP contribution in [0.2, 0.25) is 0 Å². The van der Waals surface area contributed by atoms with Gasteiger partial charge in [0.1, 0.15) is 0 Å². The normalized spacial score (nSPS) is 40.5. The van der Waals surface area contributed by atoms with Crippen LogP contribution >= 0.6 is 0 Å². The Morgan fingerprint density at radius 2 is 1.60 bits per heavy atom. The van der Waals surface area contributed by atoms with Crippen LogP contribution < -0.4 is 0 Å². The highest BCUT2D eigenvalue weighted by Gasteiger charge is 2.28. The summed E-state index contributed by atoms with van der Waals surface area (Å²) in [5.74, 6) is 3.06. The van der Waals surface area contributed by atoms with E-state index in [4.69, 9.17) is 0 Å². The molecule has 0 aromatic carbocycles. The van der Waals surface area contributed by atoms with Crippen molar-refractivity contribution < 1.29 is 0 Å². The first kappa shape index (κ1) is 8.10. The molecule has 2 atom stereocenters. The summed E-state index contributed by atoms with van der Waals surface area (Å²) in [6.07, 6.45) is 5.79. The summed E-state index contributed by atoms with van der Waals surface area (Å²) in [5, 5.41) is 0. The van der Waals surface area contributed by atoms with Gasteiger partial charge >= 0.3 is 0 Å². The SMILES string of the molecule is CCCC1C(C)CCC1C. The van der Waals surface area contributed by atoms with E-state index in [9.17, 15) is 0 Å². The zero-order valence-electron chi connectivity index (χ0n) is 7.56. The summed E-state index contributed by atoms with van der Waals surface area (Å²) in [6, 6.07) is 0. The van der Waals surface area contributed by atoms with E-state index in [1.807, 2.05) is 0 Å². The van der Waals surface area contributed by atoms with Gasteiger partial charge in [-0.15, -0.1) is 0 Å². The Hall–Kier alpha value is 0. The van der Waals surface area contributed by atoms with Crippen molar-refractivity contribution in [1.29, 1.82) is 0 Å². The first-order valence-corrected chi connectivity index (χ1v) is 4.75. The number of hydrogen-bond acceptors (Lipinski definition) is 0. The minimum Gasteiger partial charge on any atom is -0.0654 e. The fourth-order valence-electron chi connectivity index (χ4n) is 2.42. The van der Waals surface area contributed by atoms with E-state index in [0.717, 1.165) is 17.8 Å². The predicted molar refractivity (Wildman–Crippen MR) is 46.0 cm³/mol. The van der Waals surface area contributed by atoms with E-state index in [2.05, 4.69) is 20.8 Å². The molecule has 0 bridgehead atoms. The molecular formula is C10H20. The molecule has 0 amide bonds. The molecule has 0 nitrogen and oxygen atoms in total. The highest BCUT2D eigenvalue weighted by Crippen LogP contribution is 2.38. The van der Waals surface area contributed by atoms with E-state index in [-0.39, 0.29) is 0 Å². The van der Waals surface area contributed by atoms with Gasteiger partial charge in [-0.3, -0.25) is 0 Å². The molecule has 10 heavy (non-hydrogen) atoms. The van der Waals surface area contributed by atoms with Crippen molar-refractivity contribution in [2.45, 2.75) is 46.5 Å². The van der Waals surface area contributed by atoms with Crippen molar-refractivity contribution in [3.63, 3.8) is 0 Å². The summed E-state index contributed by atoms with van der Waals surface area (Å²) < 4.78 is 0. The van der Waals surface area contributed by atoms with Crippen LogP contribution in [0.1, 0.15) is 46.5 Å². The zero-order valence-corrected chi connectivity index (χ0v) is 7.56. The molecule has 0 saturated heterocycles. The summed E-state index contributed by atoms with van der Waals surface area (Å²) in [5.41, 5.74) is 0. The number of rotatable bonds is 2. The Labute approximate surface area is 65.0 Å². The lowest BCUT2D eigenvalue weighted by Crippen LogP contribution is -2.09. The van der Waals surface area contributed by atoms with Crippen LogP contribution in [0.4, 0.5) is 0 Å². The Kier molecular flexibility index (Phi) is 2.76. The third-order valence-electron chi connectivity index (χ3n) is 3.16. The van der Waals surface area contributed by atoms with Gasteiger partial charge in [0.05, 0.1) is 0 Å². The zero-order chi connectivity index (χ0) is 7.56. The molecular weight excluding hydrogens is 120 g/mol.